The summed E-state index contributed by atoms with van der Waals surface area (Å²) in [5, 5.41) is 9.23. The zero-order chi connectivity index (χ0) is 21.7. The lowest BCUT2D eigenvalue weighted by Crippen LogP contribution is -2.35. The summed E-state index contributed by atoms with van der Waals surface area (Å²) in [7, 11) is 1.76. The van der Waals surface area contributed by atoms with E-state index in [0.29, 0.717) is 0 Å². The molecular formula is C26H33NO3. The number of carboxylic acids is 1. The highest BCUT2D eigenvalue weighted by molar-refractivity contribution is 5.87. The SMILES string of the molecule is COC1(c2ccc(C(=O)O)cn2)CCCC1c1ccc2c(c1)C(C)(C)CCC2(C)C. The Kier molecular flexibility index (Phi) is 5.05. The van der Waals surface area contributed by atoms with E-state index >= 15 is 0 Å². The van der Waals surface area contributed by atoms with Crippen LogP contribution in [0.5, 0.6) is 0 Å². The van der Waals surface area contributed by atoms with Gasteiger partial charge in [-0.2, -0.15) is 0 Å². The summed E-state index contributed by atoms with van der Waals surface area (Å²) in [4.78, 5) is 15.8. The van der Waals surface area contributed by atoms with Crippen LogP contribution in [0.4, 0.5) is 0 Å². The fourth-order valence-corrected chi connectivity index (χ4v) is 5.66. The molecule has 4 nitrogen and oxygen atoms in total. The Balaban J connectivity index is 1.78. The highest BCUT2D eigenvalue weighted by atomic mass is 16.5. The third-order valence-electron chi connectivity index (χ3n) is 7.69. The molecule has 2 aromatic rings. The lowest BCUT2D eigenvalue weighted by atomic mass is 9.62. The Morgan fingerprint density at radius 3 is 2.33 bits per heavy atom. The second-order valence-electron chi connectivity index (χ2n) is 10.3. The Morgan fingerprint density at radius 2 is 1.73 bits per heavy atom. The van der Waals surface area contributed by atoms with Crippen molar-refractivity contribution in [2.75, 3.05) is 7.11 Å². The normalized spacial score (nSPS) is 26.9. The summed E-state index contributed by atoms with van der Waals surface area (Å²) in [5.74, 6) is -0.750. The number of hydrogen-bond donors (Lipinski definition) is 1. The Morgan fingerprint density at radius 1 is 1.03 bits per heavy atom. The molecule has 30 heavy (non-hydrogen) atoms. The maximum atomic E-state index is 11.2. The first-order chi connectivity index (χ1) is 14.1. The molecule has 1 saturated carbocycles. The van der Waals surface area contributed by atoms with Crippen LogP contribution < -0.4 is 0 Å². The minimum absolute atomic E-state index is 0.163. The molecule has 2 aliphatic carbocycles. The summed E-state index contributed by atoms with van der Waals surface area (Å²) in [6, 6.07) is 10.5. The molecule has 2 unspecified atom stereocenters. The fourth-order valence-electron chi connectivity index (χ4n) is 5.66. The smallest absolute Gasteiger partial charge is 0.337 e. The summed E-state index contributed by atoms with van der Waals surface area (Å²) >= 11 is 0. The maximum absolute atomic E-state index is 11.2. The predicted molar refractivity (Wildman–Crippen MR) is 118 cm³/mol. The van der Waals surface area contributed by atoms with E-state index in [1.807, 2.05) is 6.07 Å². The van der Waals surface area contributed by atoms with Crippen molar-refractivity contribution in [2.24, 2.45) is 0 Å². The van der Waals surface area contributed by atoms with Gasteiger partial charge < -0.3 is 9.84 Å². The second kappa shape index (κ2) is 7.19. The van der Waals surface area contributed by atoms with E-state index in [0.717, 1.165) is 25.0 Å². The van der Waals surface area contributed by atoms with Gasteiger partial charge in [0.15, 0.2) is 0 Å². The number of rotatable bonds is 4. The van der Waals surface area contributed by atoms with Crippen LogP contribution in [-0.2, 0) is 21.2 Å². The van der Waals surface area contributed by atoms with E-state index in [2.05, 4.69) is 50.9 Å². The molecule has 0 saturated heterocycles. The third-order valence-corrected chi connectivity index (χ3v) is 7.69. The number of aromatic nitrogens is 1. The zero-order valence-corrected chi connectivity index (χ0v) is 18.8. The minimum Gasteiger partial charge on any atom is -0.478 e. The molecule has 160 valence electrons. The van der Waals surface area contributed by atoms with Crippen LogP contribution in [0.15, 0.2) is 36.5 Å². The van der Waals surface area contributed by atoms with Gasteiger partial charge in [0.25, 0.3) is 0 Å². The van der Waals surface area contributed by atoms with Crippen LogP contribution in [0.2, 0.25) is 0 Å². The molecule has 1 N–H and O–H groups in total. The lowest BCUT2D eigenvalue weighted by Gasteiger charge is -2.43. The summed E-state index contributed by atoms with van der Waals surface area (Å²) < 4.78 is 6.18. The molecule has 0 aliphatic heterocycles. The topological polar surface area (TPSA) is 59.4 Å². The molecule has 0 spiro atoms. The number of carboxylic acid groups (broad SMARTS) is 1. The van der Waals surface area contributed by atoms with Gasteiger partial charge in [-0.15, -0.1) is 0 Å². The Bertz CT molecular complexity index is 961. The highest BCUT2D eigenvalue weighted by Crippen LogP contribution is 2.53. The van der Waals surface area contributed by atoms with Crippen LogP contribution in [-0.4, -0.2) is 23.2 Å². The third kappa shape index (κ3) is 3.26. The number of hydrogen-bond acceptors (Lipinski definition) is 3. The average molecular weight is 408 g/mol. The largest absolute Gasteiger partial charge is 0.478 e. The van der Waals surface area contributed by atoms with E-state index in [9.17, 15) is 9.90 Å². The average Bonchev–Trinajstić information content (AvgIpc) is 3.16. The van der Waals surface area contributed by atoms with Crippen molar-refractivity contribution in [3.63, 3.8) is 0 Å². The molecule has 1 heterocycles. The number of benzene rings is 1. The molecule has 1 aromatic heterocycles. The molecule has 0 amide bonds. The Hall–Kier alpha value is -2.20. The minimum atomic E-state index is -0.956. The van der Waals surface area contributed by atoms with Crippen LogP contribution in [0.25, 0.3) is 0 Å². The van der Waals surface area contributed by atoms with Gasteiger partial charge in [0.05, 0.1) is 11.3 Å². The summed E-state index contributed by atoms with van der Waals surface area (Å²) in [6.45, 7) is 9.41. The highest BCUT2D eigenvalue weighted by Gasteiger charge is 2.47. The summed E-state index contributed by atoms with van der Waals surface area (Å²) in [5.41, 5.74) is 5.12. The van der Waals surface area contributed by atoms with Crippen LogP contribution >= 0.6 is 0 Å². The van der Waals surface area contributed by atoms with Crippen molar-refractivity contribution in [3.05, 3.63) is 64.5 Å². The first kappa shape index (κ1) is 21.0. The van der Waals surface area contributed by atoms with Gasteiger partial charge in [-0.1, -0.05) is 45.9 Å². The van der Waals surface area contributed by atoms with E-state index in [1.165, 1.54) is 35.7 Å². The van der Waals surface area contributed by atoms with E-state index in [-0.39, 0.29) is 22.3 Å². The first-order valence-corrected chi connectivity index (χ1v) is 11.0. The van der Waals surface area contributed by atoms with Gasteiger partial charge in [-0.3, -0.25) is 4.98 Å². The molecular weight excluding hydrogens is 374 g/mol. The van der Waals surface area contributed by atoms with Gasteiger partial charge in [0, 0.05) is 19.2 Å². The molecule has 1 fully saturated rings. The van der Waals surface area contributed by atoms with E-state index < -0.39 is 11.6 Å². The molecule has 4 rings (SSSR count). The van der Waals surface area contributed by atoms with Crippen LogP contribution in [0.3, 0.4) is 0 Å². The van der Waals surface area contributed by atoms with Gasteiger partial charge >= 0.3 is 5.97 Å². The molecule has 4 heteroatoms. The van der Waals surface area contributed by atoms with Crippen molar-refractivity contribution in [2.45, 2.75) is 82.1 Å². The van der Waals surface area contributed by atoms with Crippen molar-refractivity contribution in [1.82, 2.24) is 4.98 Å². The number of ether oxygens (including phenoxy) is 1. The van der Waals surface area contributed by atoms with E-state index in [1.54, 1.807) is 13.2 Å². The fraction of sp³-hybridized carbons (Fsp3) is 0.538. The number of fused-ring (bicyclic) bond motifs is 1. The van der Waals surface area contributed by atoms with Crippen molar-refractivity contribution in [3.8, 4) is 0 Å². The van der Waals surface area contributed by atoms with Gasteiger partial charge in [-0.25, -0.2) is 4.79 Å². The Labute approximate surface area is 179 Å². The second-order valence-corrected chi connectivity index (χ2v) is 10.3. The van der Waals surface area contributed by atoms with Crippen molar-refractivity contribution >= 4 is 5.97 Å². The molecule has 0 bridgehead atoms. The molecule has 2 atom stereocenters. The maximum Gasteiger partial charge on any atom is 0.337 e. The number of carbonyl (C=O) groups is 1. The predicted octanol–water partition coefficient (Wildman–Crippen LogP) is 5.94. The van der Waals surface area contributed by atoms with Crippen molar-refractivity contribution in [1.29, 1.82) is 0 Å². The molecule has 1 aromatic carbocycles. The quantitative estimate of drug-likeness (QED) is 0.681. The van der Waals surface area contributed by atoms with Crippen LogP contribution in [0.1, 0.15) is 98.5 Å². The van der Waals surface area contributed by atoms with Crippen LogP contribution in [0, 0.1) is 0 Å². The van der Waals surface area contributed by atoms with Gasteiger partial charge in [0.1, 0.15) is 5.60 Å². The zero-order valence-electron chi connectivity index (χ0n) is 18.8. The standard InChI is InChI=1S/C26H33NO3/c1-24(2)13-14-25(3,4)21-15-17(8-10-20(21)24)19-7-6-12-26(19,30-5)22-11-9-18(16-27-22)23(28)29/h8-11,15-16,19H,6-7,12-14H2,1-5H3,(H,28,29). The molecule has 2 aliphatic rings. The molecule has 0 radical (unpaired) electrons. The number of nitrogens with zero attached hydrogens (tertiary/aromatic N) is 1. The number of pyridine rings is 1. The van der Waals surface area contributed by atoms with E-state index in [4.69, 9.17) is 4.74 Å². The van der Waals surface area contributed by atoms with Crippen molar-refractivity contribution < 1.29 is 14.6 Å². The monoisotopic (exact) mass is 407 g/mol. The first-order valence-electron chi connectivity index (χ1n) is 11.0. The number of methoxy groups -OCH3 is 1. The van der Waals surface area contributed by atoms with Gasteiger partial charge in [-0.05, 0) is 71.8 Å². The lowest BCUT2D eigenvalue weighted by molar-refractivity contribution is -0.0274. The summed E-state index contributed by atoms with van der Waals surface area (Å²) in [6.07, 6.45) is 6.84. The van der Waals surface area contributed by atoms with Gasteiger partial charge in [0.2, 0.25) is 0 Å². The number of aromatic carboxylic acids is 1.